The maximum absolute atomic E-state index is 11.9. The Morgan fingerprint density at radius 2 is 1.63 bits per heavy atom. The molecule has 2 aromatic carbocycles. The zero-order chi connectivity index (χ0) is 19.5. The Bertz CT molecular complexity index is 806. The van der Waals surface area contributed by atoms with Gasteiger partial charge in [-0.2, -0.15) is 0 Å². The van der Waals surface area contributed by atoms with E-state index in [1.165, 1.54) is 5.56 Å². The van der Waals surface area contributed by atoms with Crippen LogP contribution in [0.25, 0.3) is 0 Å². The molecule has 2 rings (SSSR count). The van der Waals surface area contributed by atoms with E-state index in [1.54, 1.807) is 31.2 Å². The maximum atomic E-state index is 11.9. The summed E-state index contributed by atoms with van der Waals surface area (Å²) in [5.41, 5.74) is 2.34. The van der Waals surface area contributed by atoms with Crippen LogP contribution in [0, 0.1) is 0 Å². The van der Waals surface area contributed by atoms with Crippen molar-refractivity contribution in [1.29, 1.82) is 0 Å². The Hall–Kier alpha value is -2.38. The Labute approximate surface area is 161 Å². The van der Waals surface area contributed by atoms with Crippen LogP contribution in [0.15, 0.2) is 54.6 Å². The van der Waals surface area contributed by atoms with Gasteiger partial charge < -0.3 is 10.1 Å². The Kier molecular flexibility index (Phi) is 8.29. The SMILES string of the molecule is CCS(=O)(=O)Nc1ccc(NC(=O)CCCOCCc2ccccc2)cc1. The first-order valence-corrected chi connectivity index (χ1v) is 10.7. The zero-order valence-corrected chi connectivity index (χ0v) is 16.3. The first-order valence-electron chi connectivity index (χ1n) is 9.00. The first-order chi connectivity index (χ1) is 13.0. The van der Waals surface area contributed by atoms with Crippen molar-refractivity contribution in [2.45, 2.75) is 26.2 Å². The Morgan fingerprint density at radius 3 is 2.30 bits per heavy atom. The number of sulfonamides is 1. The molecule has 146 valence electrons. The Morgan fingerprint density at radius 1 is 0.963 bits per heavy atom. The maximum Gasteiger partial charge on any atom is 0.232 e. The molecule has 0 atom stereocenters. The predicted octanol–water partition coefficient (Wildman–Crippen LogP) is 3.43. The molecule has 0 fully saturated rings. The normalized spacial score (nSPS) is 11.1. The standard InChI is InChI=1S/C20H26N2O4S/c1-2-27(24,25)22-19-12-10-18(11-13-19)21-20(23)9-6-15-26-16-14-17-7-4-3-5-8-17/h3-5,7-8,10-13,22H,2,6,9,14-16H2,1H3,(H,21,23). The van der Waals surface area contributed by atoms with Crippen molar-refractivity contribution in [2.24, 2.45) is 0 Å². The van der Waals surface area contributed by atoms with Crippen molar-refractivity contribution >= 4 is 27.3 Å². The number of amides is 1. The second-order valence-electron chi connectivity index (χ2n) is 6.08. The molecular weight excluding hydrogens is 364 g/mol. The van der Waals surface area contributed by atoms with Gasteiger partial charge in [0.2, 0.25) is 15.9 Å². The number of rotatable bonds is 11. The summed E-state index contributed by atoms with van der Waals surface area (Å²) in [6.07, 6.45) is 1.88. The third-order valence-corrected chi connectivity index (χ3v) is 5.20. The lowest BCUT2D eigenvalue weighted by Gasteiger charge is -2.09. The van der Waals surface area contributed by atoms with Gasteiger partial charge in [0.1, 0.15) is 0 Å². The van der Waals surface area contributed by atoms with E-state index in [2.05, 4.69) is 22.2 Å². The van der Waals surface area contributed by atoms with Crippen LogP contribution in [0.4, 0.5) is 11.4 Å². The molecule has 2 aromatic rings. The average molecular weight is 391 g/mol. The fourth-order valence-corrected chi connectivity index (χ4v) is 3.01. The van der Waals surface area contributed by atoms with E-state index >= 15 is 0 Å². The van der Waals surface area contributed by atoms with E-state index in [9.17, 15) is 13.2 Å². The van der Waals surface area contributed by atoms with E-state index in [0.717, 1.165) is 6.42 Å². The summed E-state index contributed by atoms with van der Waals surface area (Å²) in [6.45, 7) is 2.75. The van der Waals surface area contributed by atoms with Gasteiger partial charge in [0, 0.05) is 24.4 Å². The van der Waals surface area contributed by atoms with E-state index < -0.39 is 10.0 Å². The quantitative estimate of drug-likeness (QED) is 0.576. The van der Waals surface area contributed by atoms with Crippen LogP contribution in [0.1, 0.15) is 25.3 Å². The molecule has 6 nitrogen and oxygen atoms in total. The molecule has 0 bridgehead atoms. The summed E-state index contributed by atoms with van der Waals surface area (Å²) in [5, 5.41) is 2.79. The molecule has 0 spiro atoms. The van der Waals surface area contributed by atoms with Gasteiger partial charge in [-0.05, 0) is 49.6 Å². The van der Waals surface area contributed by atoms with Crippen molar-refractivity contribution in [3.8, 4) is 0 Å². The molecule has 0 aliphatic carbocycles. The second kappa shape index (κ2) is 10.7. The highest BCUT2D eigenvalue weighted by Crippen LogP contribution is 2.15. The van der Waals surface area contributed by atoms with Gasteiger partial charge in [0.15, 0.2) is 0 Å². The molecule has 0 saturated carbocycles. The van der Waals surface area contributed by atoms with Crippen LogP contribution in [0.3, 0.4) is 0 Å². The van der Waals surface area contributed by atoms with Gasteiger partial charge in [-0.15, -0.1) is 0 Å². The van der Waals surface area contributed by atoms with E-state index in [-0.39, 0.29) is 11.7 Å². The van der Waals surface area contributed by atoms with Crippen LogP contribution in [-0.2, 0) is 26.0 Å². The highest BCUT2D eigenvalue weighted by atomic mass is 32.2. The number of anilines is 2. The lowest BCUT2D eigenvalue weighted by molar-refractivity contribution is -0.116. The van der Waals surface area contributed by atoms with Crippen LogP contribution >= 0.6 is 0 Å². The minimum absolute atomic E-state index is 0.0128. The van der Waals surface area contributed by atoms with Gasteiger partial charge in [-0.1, -0.05) is 30.3 Å². The molecule has 0 aliphatic rings. The summed E-state index contributed by atoms with van der Waals surface area (Å²) >= 11 is 0. The smallest absolute Gasteiger partial charge is 0.232 e. The molecule has 0 aromatic heterocycles. The molecule has 0 heterocycles. The number of nitrogens with one attached hydrogen (secondary N) is 2. The summed E-state index contributed by atoms with van der Waals surface area (Å²) in [5.74, 6) is -0.0811. The van der Waals surface area contributed by atoms with Crippen molar-refractivity contribution in [2.75, 3.05) is 29.0 Å². The monoisotopic (exact) mass is 390 g/mol. The zero-order valence-electron chi connectivity index (χ0n) is 15.5. The van der Waals surface area contributed by atoms with Gasteiger partial charge >= 0.3 is 0 Å². The van der Waals surface area contributed by atoms with Gasteiger partial charge in [-0.3, -0.25) is 9.52 Å². The molecule has 27 heavy (non-hydrogen) atoms. The third-order valence-electron chi connectivity index (χ3n) is 3.89. The number of hydrogen-bond acceptors (Lipinski definition) is 4. The number of carbonyl (C=O) groups is 1. The first kappa shape index (κ1) is 20.9. The van der Waals surface area contributed by atoms with E-state index in [4.69, 9.17) is 4.74 Å². The average Bonchev–Trinajstić information content (AvgIpc) is 2.67. The van der Waals surface area contributed by atoms with Crippen LogP contribution < -0.4 is 10.0 Å². The fourth-order valence-electron chi connectivity index (χ4n) is 2.37. The molecule has 0 radical (unpaired) electrons. The summed E-state index contributed by atoms with van der Waals surface area (Å²) in [4.78, 5) is 11.9. The predicted molar refractivity (Wildman–Crippen MR) is 108 cm³/mol. The van der Waals surface area contributed by atoms with E-state index in [0.29, 0.717) is 37.4 Å². The molecule has 0 saturated heterocycles. The molecular formula is C20H26N2O4S. The minimum Gasteiger partial charge on any atom is -0.381 e. The minimum atomic E-state index is -3.30. The third kappa shape index (κ3) is 8.23. The van der Waals surface area contributed by atoms with Crippen LogP contribution in [-0.4, -0.2) is 33.3 Å². The fraction of sp³-hybridized carbons (Fsp3) is 0.350. The van der Waals surface area contributed by atoms with Crippen LogP contribution in [0.2, 0.25) is 0 Å². The number of carbonyl (C=O) groups excluding carboxylic acids is 1. The molecule has 7 heteroatoms. The van der Waals surface area contributed by atoms with Gasteiger partial charge in [0.25, 0.3) is 0 Å². The molecule has 0 aliphatic heterocycles. The van der Waals surface area contributed by atoms with Crippen molar-refractivity contribution in [3.63, 3.8) is 0 Å². The lowest BCUT2D eigenvalue weighted by atomic mass is 10.2. The number of benzene rings is 2. The molecule has 1 amide bonds. The van der Waals surface area contributed by atoms with Crippen molar-refractivity contribution < 1.29 is 17.9 Å². The Balaban J connectivity index is 1.62. The van der Waals surface area contributed by atoms with Crippen LogP contribution in [0.5, 0.6) is 0 Å². The highest BCUT2D eigenvalue weighted by molar-refractivity contribution is 7.92. The van der Waals surface area contributed by atoms with Crippen molar-refractivity contribution in [1.82, 2.24) is 0 Å². The highest BCUT2D eigenvalue weighted by Gasteiger charge is 2.07. The molecule has 2 N–H and O–H groups in total. The topological polar surface area (TPSA) is 84.5 Å². The van der Waals surface area contributed by atoms with Gasteiger partial charge in [0.05, 0.1) is 12.4 Å². The number of hydrogen-bond donors (Lipinski definition) is 2. The summed E-state index contributed by atoms with van der Waals surface area (Å²) in [6, 6.07) is 16.7. The van der Waals surface area contributed by atoms with Gasteiger partial charge in [-0.25, -0.2) is 8.42 Å². The number of ether oxygens (including phenoxy) is 1. The summed E-state index contributed by atoms with van der Waals surface area (Å²) in [7, 11) is -3.30. The molecule has 0 unspecified atom stereocenters. The van der Waals surface area contributed by atoms with E-state index in [1.807, 2.05) is 18.2 Å². The van der Waals surface area contributed by atoms with Crippen molar-refractivity contribution in [3.05, 3.63) is 60.2 Å². The largest absolute Gasteiger partial charge is 0.381 e. The second-order valence-corrected chi connectivity index (χ2v) is 8.09. The lowest BCUT2D eigenvalue weighted by Crippen LogP contribution is -2.15. The summed E-state index contributed by atoms with van der Waals surface area (Å²) < 4.78 is 31.0.